The quantitative estimate of drug-likeness (QED) is 0.938. The van der Waals surface area contributed by atoms with Gasteiger partial charge in [-0.25, -0.2) is 9.97 Å². The maximum atomic E-state index is 12.5. The molecule has 6 nitrogen and oxygen atoms in total. The summed E-state index contributed by atoms with van der Waals surface area (Å²) in [5.74, 6) is 0.136. The van der Waals surface area contributed by atoms with Crippen molar-refractivity contribution < 1.29 is 4.79 Å². The van der Waals surface area contributed by atoms with Crippen LogP contribution in [0.15, 0.2) is 23.1 Å². The lowest BCUT2D eigenvalue weighted by Gasteiger charge is -2.21. The van der Waals surface area contributed by atoms with Crippen molar-refractivity contribution in [3.63, 3.8) is 0 Å². The molecular weight excluding hydrogens is 292 g/mol. The lowest BCUT2D eigenvalue weighted by molar-refractivity contribution is 0.0936. The highest BCUT2D eigenvalue weighted by atomic mass is 16.2. The molecule has 2 aromatic heterocycles. The van der Waals surface area contributed by atoms with Crippen LogP contribution in [0.2, 0.25) is 0 Å². The maximum absolute atomic E-state index is 12.5. The number of nitrogens with zero attached hydrogens (tertiary/aromatic N) is 3. The molecule has 0 saturated heterocycles. The normalized spacial score (nSPS) is 15.7. The Bertz CT molecular complexity index is 763. The molecule has 0 radical (unpaired) electrons. The predicted octanol–water partition coefficient (Wildman–Crippen LogP) is 2.12. The van der Waals surface area contributed by atoms with Gasteiger partial charge in [-0.3, -0.25) is 14.2 Å². The molecule has 0 unspecified atom stereocenters. The summed E-state index contributed by atoms with van der Waals surface area (Å²) in [6, 6.07) is 3.52. The summed E-state index contributed by atoms with van der Waals surface area (Å²) in [5, 5.41) is 2.89. The average molecular weight is 314 g/mol. The summed E-state index contributed by atoms with van der Waals surface area (Å²) in [6.45, 7) is 2.94. The summed E-state index contributed by atoms with van der Waals surface area (Å²) in [5.41, 5.74) is 0.670. The van der Waals surface area contributed by atoms with E-state index in [1.807, 2.05) is 6.92 Å². The fraction of sp³-hybridized carbons (Fsp3) is 0.529. The minimum Gasteiger partial charge on any atom is -0.350 e. The van der Waals surface area contributed by atoms with E-state index < -0.39 is 0 Å². The largest absolute Gasteiger partial charge is 0.350 e. The monoisotopic (exact) mass is 314 g/mol. The van der Waals surface area contributed by atoms with E-state index in [9.17, 15) is 9.59 Å². The van der Waals surface area contributed by atoms with Crippen molar-refractivity contribution in [2.75, 3.05) is 6.54 Å². The molecule has 2 heterocycles. The minimum absolute atomic E-state index is 0.0387. The molecule has 6 heteroatoms. The van der Waals surface area contributed by atoms with Crippen LogP contribution in [-0.2, 0) is 6.54 Å². The second-order valence-corrected chi connectivity index (χ2v) is 6.07. The van der Waals surface area contributed by atoms with Gasteiger partial charge < -0.3 is 5.32 Å². The van der Waals surface area contributed by atoms with Crippen LogP contribution >= 0.6 is 0 Å². The summed E-state index contributed by atoms with van der Waals surface area (Å²) >= 11 is 0. The van der Waals surface area contributed by atoms with Crippen molar-refractivity contribution in [2.24, 2.45) is 5.92 Å². The predicted molar refractivity (Wildman–Crippen MR) is 88.4 cm³/mol. The van der Waals surface area contributed by atoms with E-state index in [0.29, 0.717) is 30.2 Å². The number of fused-ring (bicyclic) bond motifs is 1. The fourth-order valence-electron chi connectivity index (χ4n) is 3.23. The highest BCUT2D eigenvalue weighted by Gasteiger charge is 2.19. The van der Waals surface area contributed by atoms with Crippen molar-refractivity contribution in [3.8, 4) is 0 Å². The molecule has 23 heavy (non-hydrogen) atoms. The van der Waals surface area contributed by atoms with Gasteiger partial charge in [-0.05, 0) is 37.8 Å². The lowest BCUT2D eigenvalue weighted by Crippen LogP contribution is -2.37. The number of aryl methyl sites for hydroxylation is 1. The number of carbonyl (C=O) groups excluding carboxylic acids is 1. The highest BCUT2D eigenvalue weighted by molar-refractivity contribution is 5.93. The molecule has 1 saturated carbocycles. The number of carbonyl (C=O) groups is 1. The first-order chi connectivity index (χ1) is 11.2. The zero-order valence-electron chi connectivity index (χ0n) is 13.4. The number of hydrogen-bond acceptors (Lipinski definition) is 4. The van der Waals surface area contributed by atoms with Gasteiger partial charge in [0.15, 0.2) is 11.3 Å². The standard InChI is InChI=1S/C17H22N4O2/c1-2-21-15-13(9-6-10-18-15)20-14(17(21)23)16(22)19-11-12-7-4-3-5-8-12/h6,9-10,12H,2-5,7-8,11H2,1H3,(H,19,22). The molecule has 1 aliphatic rings. The van der Waals surface area contributed by atoms with Crippen LogP contribution in [0.3, 0.4) is 0 Å². The van der Waals surface area contributed by atoms with Gasteiger partial charge in [0, 0.05) is 19.3 Å². The molecule has 0 aromatic carbocycles. The number of aromatic nitrogens is 3. The van der Waals surface area contributed by atoms with Crippen LogP contribution in [0.25, 0.3) is 11.2 Å². The highest BCUT2D eigenvalue weighted by Crippen LogP contribution is 2.22. The van der Waals surface area contributed by atoms with Gasteiger partial charge in [-0.15, -0.1) is 0 Å². The van der Waals surface area contributed by atoms with E-state index in [4.69, 9.17) is 0 Å². The Kier molecular flexibility index (Phi) is 4.69. The molecule has 0 spiro atoms. The SMILES string of the molecule is CCn1c(=O)c(C(=O)NCC2CCCCC2)nc2cccnc21. The average Bonchev–Trinajstić information content (AvgIpc) is 2.60. The number of amides is 1. The van der Waals surface area contributed by atoms with E-state index in [-0.39, 0.29) is 17.2 Å². The van der Waals surface area contributed by atoms with E-state index in [1.54, 1.807) is 18.3 Å². The van der Waals surface area contributed by atoms with E-state index in [1.165, 1.54) is 23.8 Å². The van der Waals surface area contributed by atoms with Crippen LogP contribution in [0.5, 0.6) is 0 Å². The number of nitrogens with one attached hydrogen (secondary N) is 1. The molecule has 3 rings (SSSR count). The minimum atomic E-state index is -0.381. The molecule has 0 aliphatic heterocycles. The van der Waals surface area contributed by atoms with E-state index in [2.05, 4.69) is 15.3 Å². The van der Waals surface area contributed by atoms with Crippen LogP contribution < -0.4 is 10.9 Å². The summed E-state index contributed by atoms with van der Waals surface area (Å²) in [7, 11) is 0. The van der Waals surface area contributed by atoms with E-state index >= 15 is 0 Å². The maximum Gasteiger partial charge on any atom is 0.283 e. The van der Waals surface area contributed by atoms with Gasteiger partial charge >= 0.3 is 0 Å². The third-order valence-electron chi connectivity index (χ3n) is 4.51. The summed E-state index contributed by atoms with van der Waals surface area (Å²) in [6.07, 6.45) is 7.65. The Hall–Kier alpha value is -2.24. The van der Waals surface area contributed by atoms with Crippen LogP contribution in [0, 0.1) is 5.92 Å². The second kappa shape index (κ2) is 6.89. The van der Waals surface area contributed by atoms with Gasteiger partial charge in [0.25, 0.3) is 11.5 Å². The van der Waals surface area contributed by atoms with Crippen LogP contribution in [-0.4, -0.2) is 27.0 Å². The molecule has 2 aromatic rings. The van der Waals surface area contributed by atoms with E-state index in [0.717, 1.165) is 12.8 Å². The zero-order chi connectivity index (χ0) is 16.2. The molecule has 122 valence electrons. The van der Waals surface area contributed by atoms with Crippen molar-refractivity contribution in [3.05, 3.63) is 34.4 Å². The Balaban J connectivity index is 1.85. The van der Waals surface area contributed by atoms with Crippen molar-refractivity contribution in [2.45, 2.75) is 45.6 Å². The first-order valence-corrected chi connectivity index (χ1v) is 8.34. The number of rotatable bonds is 4. The Labute approximate surface area is 134 Å². The topological polar surface area (TPSA) is 76.9 Å². The van der Waals surface area contributed by atoms with Crippen molar-refractivity contribution in [1.82, 2.24) is 19.9 Å². The zero-order valence-corrected chi connectivity index (χ0v) is 13.4. The molecule has 0 bridgehead atoms. The first kappa shape index (κ1) is 15.6. The van der Waals surface area contributed by atoms with Crippen LogP contribution in [0.4, 0.5) is 0 Å². The number of pyridine rings is 1. The van der Waals surface area contributed by atoms with Gasteiger partial charge in [-0.2, -0.15) is 0 Å². The molecule has 0 atom stereocenters. The number of hydrogen-bond donors (Lipinski definition) is 1. The van der Waals surface area contributed by atoms with Gasteiger partial charge in [0.05, 0.1) is 0 Å². The smallest absolute Gasteiger partial charge is 0.283 e. The molecule has 1 fully saturated rings. The Morgan fingerprint density at radius 1 is 1.35 bits per heavy atom. The van der Waals surface area contributed by atoms with Crippen LogP contribution in [0.1, 0.15) is 49.5 Å². The van der Waals surface area contributed by atoms with Gasteiger partial charge in [-0.1, -0.05) is 19.3 Å². The lowest BCUT2D eigenvalue weighted by atomic mass is 9.89. The van der Waals surface area contributed by atoms with Gasteiger partial charge in [0.1, 0.15) is 5.52 Å². The fourth-order valence-corrected chi connectivity index (χ4v) is 3.23. The molecule has 1 N–H and O–H groups in total. The van der Waals surface area contributed by atoms with Crippen molar-refractivity contribution in [1.29, 1.82) is 0 Å². The molecule has 1 amide bonds. The third kappa shape index (κ3) is 3.25. The van der Waals surface area contributed by atoms with Crippen molar-refractivity contribution >= 4 is 17.1 Å². The molecule has 1 aliphatic carbocycles. The van der Waals surface area contributed by atoms with Gasteiger partial charge in [0.2, 0.25) is 0 Å². The Morgan fingerprint density at radius 3 is 2.87 bits per heavy atom. The Morgan fingerprint density at radius 2 is 2.13 bits per heavy atom. The summed E-state index contributed by atoms with van der Waals surface area (Å²) < 4.78 is 1.50. The molecular formula is C17H22N4O2. The second-order valence-electron chi connectivity index (χ2n) is 6.07. The third-order valence-corrected chi connectivity index (χ3v) is 4.51. The first-order valence-electron chi connectivity index (χ1n) is 8.34. The summed E-state index contributed by atoms with van der Waals surface area (Å²) in [4.78, 5) is 33.4.